The standard InChI is InChI=1S/C16H23NO/c17-12-16(8-3-9-16)15-5-2-1-4-14(15)13-6-10-18-11-7-13/h1-2,4-5,13H,3,6-12,17H2. The van der Waals surface area contributed by atoms with Crippen molar-refractivity contribution in [1.82, 2.24) is 0 Å². The molecule has 0 spiro atoms. The minimum absolute atomic E-state index is 0.287. The molecule has 3 rings (SSSR count). The van der Waals surface area contributed by atoms with Crippen molar-refractivity contribution in [1.29, 1.82) is 0 Å². The molecule has 2 nitrogen and oxygen atoms in total. The Morgan fingerprint density at radius 3 is 2.50 bits per heavy atom. The van der Waals surface area contributed by atoms with Gasteiger partial charge in [0, 0.05) is 25.2 Å². The topological polar surface area (TPSA) is 35.2 Å². The highest BCUT2D eigenvalue weighted by Crippen LogP contribution is 2.46. The Morgan fingerprint density at radius 1 is 1.17 bits per heavy atom. The summed E-state index contributed by atoms with van der Waals surface area (Å²) in [6.07, 6.45) is 6.20. The van der Waals surface area contributed by atoms with Crippen LogP contribution in [-0.2, 0) is 10.2 Å². The average molecular weight is 245 g/mol. The molecule has 1 aliphatic carbocycles. The molecule has 1 saturated heterocycles. The fourth-order valence-corrected chi connectivity index (χ4v) is 3.53. The van der Waals surface area contributed by atoms with E-state index in [-0.39, 0.29) is 5.41 Å². The zero-order chi connectivity index (χ0) is 12.4. The summed E-state index contributed by atoms with van der Waals surface area (Å²) < 4.78 is 5.49. The molecule has 0 radical (unpaired) electrons. The van der Waals surface area contributed by atoms with Crippen LogP contribution in [0.2, 0.25) is 0 Å². The van der Waals surface area contributed by atoms with Gasteiger partial charge in [-0.3, -0.25) is 0 Å². The van der Waals surface area contributed by atoms with Crippen molar-refractivity contribution in [3.05, 3.63) is 35.4 Å². The van der Waals surface area contributed by atoms with Crippen LogP contribution in [0, 0.1) is 0 Å². The van der Waals surface area contributed by atoms with Gasteiger partial charge in [-0.1, -0.05) is 30.7 Å². The highest BCUT2D eigenvalue weighted by molar-refractivity contribution is 5.39. The van der Waals surface area contributed by atoms with Gasteiger partial charge in [0.05, 0.1) is 0 Å². The van der Waals surface area contributed by atoms with E-state index < -0.39 is 0 Å². The molecule has 18 heavy (non-hydrogen) atoms. The maximum Gasteiger partial charge on any atom is 0.0471 e. The second-order valence-corrected chi connectivity index (χ2v) is 5.81. The van der Waals surface area contributed by atoms with E-state index in [1.54, 1.807) is 5.56 Å². The minimum Gasteiger partial charge on any atom is -0.381 e. The number of ether oxygens (including phenoxy) is 1. The Morgan fingerprint density at radius 2 is 1.89 bits per heavy atom. The third-order valence-corrected chi connectivity index (χ3v) is 4.89. The summed E-state index contributed by atoms with van der Waals surface area (Å²) in [4.78, 5) is 0. The lowest BCUT2D eigenvalue weighted by Crippen LogP contribution is -2.42. The van der Waals surface area contributed by atoms with Crippen molar-refractivity contribution >= 4 is 0 Å². The van der Waals surface area contributed by atoms with Gasteiger partial charge in [0.1, 0.15) is 0 Å². The van der Waals surface area contributed by atoms with Crippen LogP contribution in [0.15, 0.2) is 24.3 Å². The highest BCUT2D eigenvalue weighted by Gasteiger charge is 2.39. The van der Waals surface area contributed by atoms with Gasteiger partial charge >= 0.3 is 0 Å². The fourth-order valence-electron chi connectivity index (χ4n) is 3.53. The van der Waals surface area contributed by atoms with Gasteiger partial charge < -0.3 is 10.5 Å². The van der Waals surface area contributed by atoms with Crippen LogP contribution in [0.1, 0.15) is 49.1 Å². The van der Waals surface area contributed by atoms with Crippen LogP contribution in [0.25, 0.3) is 0 Å². The molecule has 1 heterocycles. The van der Waals surface area contributed by atoms with Gasteiger partial charge in [-0.15, -0.1) is 0 Å². The molecule has 0 unspecified atom stereocenters. The predicted molar refractivity (Wildman–Crippen MR) is 73.8 cm³/mol. The molecular formula is C16H23NO. The first-order valence-corrected chi connectivity index (χ1v) is 7.23. The van der Waals surface area contributed by atoms with Crippen molar-refractivity contribution < 1.29 is 4.74 Å². The normalized spacial score (nSPS) is 23.6. The van der Waals surface area contributed by atoms with E-state index in [2.05, 4.69) is 24.3 Å². The first-order valence-electron chi connectivity index (χ1n) is 7.23. The van der Waals surface area contributed by atoms with Crippen LogP contribution >= 0.6 is 0 Å². The fraction of sp³-hybridized carbons (Fsp3) is 0.625. The van der Waals surface area contributed by atoms with E-state index in [1.165, 1.54) is 24.8 Å². The molecule has 0 bridgehead atoms. The monoisotopic (exact) mass is 245 g/mol. The van der Waals surface area contributed by atoms with Crippen molar-refractivity contribution in [3.63, 3.8) is 0 Å². The Hall–Kier alpha value is -0.860. The SMILES string of the molecule is NCC1(c2ccccc2C2CCOCC2)CCC1. The van der Waals surface area contributed by atoms with Gasteiger partial charge in [0.25, 0.3) is 0 Å². The zero-order valence-corrected chi connectivity index (χ0v) is 11.0. The van der Waals surface area contributed by atoms with Crippen molar-refractivity contribution in [2.24, 2.45) is 5.73 Å². The number of nitrogens with two attached hydrogens (primary N) is 1. The molecule has 98 valence electrons. The molecule has 0 aromatic heterocycles. The predicted octanol–water partition coefficient (Wildman–Crippen LogP) is 2.96. The lowest BCUT2D eigenvalue weighted by Gasteiger charge is -2.44. The molecule has 0 amide bonds. The Bertz CT molecular complexity index is 400. The molecular weight excluding hydrogens is 222 g/mol. The van der Waals surface area contributed by atoms with E-state index in [1.807, 2.05) is 0 Å². The molecule has 2 aliphatic rings. The molecule has 1 saturated carbocycles. The van der Waals surface area contributed by atoms with Crippen molar-refractivity contribution in [2.75, 3.05) is 19.8 Å². The van der Waals surface area contributed by atoms with Gasteiger partial charge in [-0.05, 0) is 42.7 Å². The number of rotatable bonds is 3. The van der Waals surface area contributed by atoms with E-state index in [4.69, 9.17) is 10.5 Å². The maximum absolute atomic E-state index is 6.07. The number of hydrogen-bond acceptors (Lipinski definition) is 2. The van der Waals surface area contributed by atoms with E-state index in [9.17, 15) is 0 Å². The van der Waals surface area contributed by atoms with Crippen LogP contribution < -0.4 is 5.73 Å². The van der Waals surface area contributed by atoms with Gasteiger partial charge in [0.15, 0.2) is 0 Å². The van der Waals surface area contributed by atoms with E-state index in [0.29, 0.717) is 5.92 Å². The Kier molecular flexibility index (Phi) is 3.40. The zero-order valence-electron chi connectivity index (χ0n) is 11.0. The van der Waals surface area contributed by atoms with Crippen LogP contribution in [0.4, 0.5) is 0 Å². The summed E-state index contributed by atoms with van der Waals surface area (Å²) in [5.41, 5.74) is 9.44. The van der Waals surface area contributed by atoms with Gasteiger partial charge in [0.2, 0.25) is 0 Å². The second-order valence-electron chi connectivity index (χ2n) is 5.81. The Balaban J connectivity index is 1.94. The van der Waals surface area contributed by atoms with Crippen LogP contribution in [-0.4, -0.2) is 19.8 Å². The van der Waals surface area contributed by atoms with Crippen molar-refractivity contribution in [2.45, 2.75) is 43.4 Å². The molecule has 2 N–H and O–H groups in total. The molecule has 2 heteroatoms. The summed E-state index contributed by atoms with van der Waals surface area (Å²) in [6, 6.07) is 8.99. The maximum atomic E-state index is 6.07. The van der Waals surface area contributed by atoms with Crippen LogP contribution in [0.3, 0.4) is 0 Å². The summed E-state index contributed by atoms with van der Waals surface area (Å²) in [5, 5.41) is 0. The average Bonchev–Trinajstić information content (AvgIpc) is 2.40. The summed E-state index contributed by atoms with van der Waals surface area (Å²) in [7, 11) is 0. The summed E-state index contributed by atoms with van der Waals surface area (Å²) in [6.45, 7) is 2.62. The summed E-state index contributed by atoms with van der Waals surface area (Å²) >= 11 is 0. The quantitative estimate of drug-likeness (QED) is 0.888. The molecule has 2 fully saturated rings. The minimum atomic E-state index is 0.287. The molecule has 1 aliphatic heterocycles. The van der Waals surface area contributed by atoms with E-state index in [0.717, 1.165) is 32.6 Å². The molecule has 0 atom stereocenters. The Labute approximate surface area is 110 Å². The largest absolute Gasteiger partial charge is 0.381 e. The lowest BCUT2D eigenvalue weighted by molar-refractivity contribution is 0.0845. The van der Waals surface area contributed by atoms with Crippen molar-refractivity contribution in [3.8, 4) is 0 Å². The molecule has 1 aromatic carbocycles. The highest BCUT2D eigenvalue weighted by atomic mass is 16.5. The molecule has 1 aromatic rings. The third kappa shape index (κ3) is 1.98. The smallest absolute Gasteiger partial charge is 0.0471 e. The van der Waals surface area contributed by atoms with Crippen LogP contribution in [0.5, 0.6) is 0 Å². The second kappa shape index (κ2) is 5.02. The third-order valence-electron chi connectivity index (χ3n) is 4.89. The number of hydrogen-bond donors (Lipinski definition) is 1. The van der Waals surface area contributed by atoms with Gasteiger partial charge in [-0.25, -0.2) is 0 Å². The first-order chi connectivity index (χ1) is 8.86. The number of benzene rings is 1. The van der Waals surface area contributed by atoms with E-state index >= 15 is 0 Å². The summed E-state index contributed by atoms with van der Waals surface area (Å²) in [5.74, 6) is 0.680. The lowest BCUT2D eigenvalue weighted by atomic mass is 9.62. The first kappa shape index (κ1) is 12.2. The van der Waals surface area contributed by atoms with Gasteiger partial charge in [-0.2, -0.15) is 0 Å².